The molecule has 3 aromatic rings. The molecule has 0 radical (unpaired) electrons. The summed E-state index contributed by atoms with van der Waals surface area (Å²) in [5.41, 5.74) is 1.87. The van der Waals surface area contributed by atoms with Gasteiger partial charge in [0.05, 0.1) is 27.4 Å². The molecule has 8 nitrogen and oxygen atoms in total. The first-order valence-electron chi connectivity index (χ1n) is 17.4. The number of amides is 2. The number of carbonyl (C=O) groups is 2. The molecular formula is C39H55IN2O6. The summed E-state index contributed by atoms with van der Waals surface area (Å²) in [6.45, 7) is 5.70. The van der Waals surface area contributed by atoms with Crippen LogP contribution in [0.15, 0.2) is 67.0 Å². The standard InChI is InChI=1S/C39H55N2O6.HI/c1-5-7-8-9-10-11-12-13-14-15-16-20-27-46-37-35(44-3)28-33(29-36(37)45-4)31-47-39(43)41(38(42)34-21-18-17-19-22-34)30-32-23-25-40(6-2)26-24-32;/h17-19,21-26,28-29H,5-16,20,27,30-31H2,1-4H3;1H/q+1;/p-1. The number of aryl methyl sites for hydroxylation is 1. The molecule has 0 spiro atoms. The van der Waals surface area contributed by atoms with Crippen LogP contribution in [0.25, 0.3) is 0 Å². The molecule has 0 N–H and O–H groups in total. The molecule has 0 aliphatic rings. The first-order valence-corrected chi connectivity index (χ1v) is 17.4. The maximum Gasteiger partial charge on any atom is 0.417 e. The zero-order valence-corrected chi connectivity index (χ0v) is 31.5. The minimum absolute atomic E-state index is 0. The topological polar surface area (TPSA) is 78.2 Å². The van der Waals surface area contributed by atoms with E-state index in [0.29, 0.717) is 35.0 Å². The van der Waals surface area contributed by atoms with Gasteiger partial charge in [-0.15, -0.1) is 0 Å². The van der Waals surface area contributed by atoms with E-state index >= 15 is 0 Å². The number of halogens is 1. The summed E-state index contributed by atoms with van der Waals surface area (Å²) >= 11 is 0. The molecule has 264 valence electrons. The molecule has 0 aliphatic heterocycles. The smallest absolute Gasteiger partial charge is 0.417 e. The summed E-state index contributed by atoms with van der Waals surface area (Å²) < 4.78 is 25.1. The summed E-state index contributed by atoms with van der Waals surface area (Å²) in [6, 6.07) is 16.1. The molecule has 0 fully saturated rings. The SMILES string of the molecule is CCCCCCCCCCCCCCOc1c(OC)cc(COC(=O)N(Cc2cc[n+](CC)cc2)C(=O)c2ccccc2)cc1OC.[I-]. The fourth-order valence-corrected chi connectivity index (χ4v) is 5.44. The van der Waals surface area contributed by atoms with E-state index in [1.54, 1.807) is 50.6 Å². The molecule has 9 heteroatoms. The highest BCUT2D eigenvalue weighted by Crippen LogP contribution is 2.39. The zero-order valence-electron chi connectivity index (χ0n) is 29.4. The fraction of sp³-hybridized carbons (Fsp3) is 0.513. The van der Waals surface area contributed by atoms with Gasteiger partial charge in [-0.1, -0.05) is 95.8 Å². The Hall–Kier alpha value is -3.34. The third kappa shape index (κ3) is 14.0. The van der Waals surface area contributed by atoms with E-state index in [1.165, 1.54) is 64.2 Å². The molecule has 0 bridgehead atoms. The lowest BCUT2D eigenvalue weighted by Crippen LogP contribution is -3.00. The third-order valence-corrected chi connectivity index (χ3v) is 8.28. The number of carbonyl (C=O) groups excluding carboxylic acids is 2. The van der Waals surface area contributed by atoms with Crippen LogP contribution in [0.4, 0.5) is 4.79 Å². The van der Waals surface area contributed by atoms with E-state index in [1.807, 2.05) is 42.1 Å². The minimum Gasteiger partial charge on any atom is -1.00 e. The molecule has 0 saturated heterocycles. The lowest BCUT2D eigenvalue weighted by atomic mass is 10.1. The van der Waals surface area contributed by atoms with Crippen LogP contribution in [0.2, 0.25) is 0 Å². The number of rotatable bonds is 22. The van der Waals surface area contributed by atoms with E-state index in [9.17, 15) is 9.59 Å². The number of ether oxygens (including phenoxy) is 4. The largest absolute Gasteiger partial charge is 1.00 e. The number of imide groups is 1. The van der Waals surface area contributed by atoms with Crippen molar-refractivity contribution in [3.63, 3.8) is 0 Å². The van der Waals surface area contributed by atoms with E-state index < -0.39 is 12.0 Å². The lowest BCUT2D eigenvalue weighted by Gasteiger charge is -2.21. The van der Waals surface area contributed by atoms with Crippen molar-refractivity contribution in [1.82, 2.24) is 4.90 Å². The maximum absolute atomic E-state index is 13.4. The number of aromatic nitrogens is 1. The molecule has 1 aromatic heterocycles. The van der Waals surface area contributed by atoms with Crippen molar-refractivity contribution in [3.05, 3.63) is 83.7 Å². The Bertz CT molecular complexity index is 1310. The number of hydrogen-bond donors (Lipinski definition) is 0. The molecule has 3 rings (SSSR count). The van der Waals surface area contributed by atoms with E-state index in [-0.39, 0.29) is 37.1 Å². The van der Waals surface area contributed by atoms with Crippen molar-refractivity contribution in [1.29, 1.82) is 0 Å². The van der Waals surface area contributed by atoms with Gasteiger partial charge in [0.1, 0.15) is 13.2 Å². The second-order valence-electron chi connectivity index (χ2n) is 11.9. The van der Waals surface area contributed by atoms with Crippen LogP contribution in [0.1, 0.15) is 112 Å². The van der Waals surface area contributed by atoms with Gasteiger partial charge in [0.15, 0.2) is 23.9 Å². The number of pyridine rings is 1. The number of hydrogen-bond acceptors (Lipinski definition) is 6. The maximum atomic E-state index is 13.4. The minimum atomic E-state index is -0.740. The molecular weight excluding hydrogens is 719 g/mol. The lowest BCUT2D eigenvalue weighted by molar-refractivity contribution is -0.693. The van der Waals surface area contributed by atoms with Gasteiger partial charge in [0.25, 0.3) is 5.91 Å². The van der Waals surface area contributed by atoms with Gasteiger partial charge >= 0.3 is 6.09 Å². The van der Waals surface area contributed by atoms with E-state index in [0.717, 1.165) is 29.8 Å². The Morgan fingerprint density at radius 1 is 0.708 bits per heavy atom. The zero-order chi connectivity index (χ0) is 33.7. The molecule has 0 aliphatic carbocycles. The van der Waals surface area contributed by atoms with Crippen LogP contribution in [-0.4, -0.2) is 37.7 Å². The summed E-state index contributed by atoms with van der Waals surface area (Å²) in [7, 11) is 3.15. The first-order chi connectivity index (χ1) is 23.0. The number of methoxy groups -OCH3 is 2. The quantitative estimate of drug-likeness (QED) is 0.0701. The van der Waals surface area contributed by atoms with Gasteiger partial charge in [0.2, 0.25) is 5.75 Å². The van der Waals surface area contributed by atoms with Gasteiger partial charge in [-0.05, 0) is 48.7 Å². The van der Waals surface area contributed by atoms with Gasteiger partial charge in [-0.2, -0.15) is 0 Å². The second-order valence-corrected chi connectivity index (χ2v) is 11.9. The van der Waals surface area contributed by atoms with Gasteiger partial charge in [-0.3, -0.25) is 4.79 Å². The Balaban J connectivity index is 0.00000800. The molecule has 2 aromatic carbocycles. The number of benzene rings is 2. The Morgan fingerprint density at radius 3 is 1.77 bits per heavy atom. The van der Waals surface area contributed by atoms with Crippen LogP contribution in [0, 0.1) is 0 Å². The molecule has 48 heavy (non-hydrogen) atoms. The summed E-state index contributed by atoms with van der Waals surface area (Å²) in [5.74, 6) is 1.10. The fourth-order valence-electron chi connectivity index (χ4n) is 5.44. The summed E-state index contributed by atoms with van der Waals surface area (Å²) in [6.07, 6.45) is 18.5. The van der Waals surface area contributed by atoms with Crippen molar-refractivity contribution in [2.75, 3.05) is 20.8 Å². The van der Waals surface area contributed by atoms with Crippen molar-refractivity contribution >= 4 is 12.0 Å². The van der Waals surface area contributed by atoms with Crippen LogP contribution in [0.5, 0.6) is 17.2 Å². The third-order valence-electron chi connectivity index (χ3n) is 8.28. The highest BCUT2D eigenvalue weighted by atomic mass is 127. The Morgan fingerprint density at radius 2 is 1.25 bits per heavy atom. The predicted molar refractivity (Wildman–Crippen MR) is 185 cm³/mol. The molecule has 0 unspecified atom stereocenters. The van der Waals surface area contributed by atoms with Crippen LogP contribution in [-0.2, 0) is 24.4 Å². The molecule has 0 saturated carbocycles. The normalized spacial score (nSPS) is 10.6. The molecule has 2 amide bonds. The average Bonchev–Trinajstić information content (AvgIpc) is 3.11. The Kier molecular flexibility index (Phi) is 20.3. The summed E-state index contributed by atoms with van der Waals surface area (Å²) in [4.78, 5) is 27.9. The van der Waals surface area contributed by atoms with Crippen molar-refractivity contribution in [2.24, 2.45) is 0 Å². The van der Waals surface area contributed by atoms with Gasteiger partial charge in [-0.25, -0.2) is 14.3 Å². The Labute approximate surface area is 305 Å². The van der Waals surface area contributed by atoms with E-state index in [4.69, 9.17) is 18.9 Å². The van der Waals surface area contributed by atoms with Gasteiger partial charge in [0, 0.05) is 17.7 Å². The molecule has 0 atom stereocenters. The van der Waals surface area contributed by atoms with Crippen LogP contribution in [0.3, 0.4) is 0 Å². The first kappa shape index (κ1) is 40.8. The number of unbranched alkanes of at least 4 members (excludes halogenated alkanes) is 11. The second kappa shape index (κ2) is 23.9. The van der Waals surface area contributed by atoms with Crippen LogP contribution < -0.4 is 42.8 Å². The van der Waals surface area contributed by atoms with Crippen molar-refractivity contribution in [3.8, 4) is 17.2 Å². The van der Waals surface area contributed by atoms with Crippen molar-refractivity contribution < 1.29 is 57.1 Å². The summed E-state index contributed by atoms with van der Waals surface area (Å²) in [5, 5.41) is 0. The highest BCUT2D eigenvalue weighted by molar-refractivity contribution is 6.02. The van der Waals surface area contributed by atoms with Crippen molar-refractivity contribution in [2.45, 2.75) is 111 Å². The monoisotopic (exact) mass is 774 g/mol. The van der Waals surface area contributed by atoms with E-state index in [2.05, 4.69) is 6.92 Å². The number of nitrogens with zero attached hydrogens (tertiary/aromatic N) is 2. The van der Waals surface area contributed by atoms with Gasteiger partial charge < -0.3 is 42.9 Å². The average molecular weight is 775 g/mol. The highest BCUT2D eigenvalue weighted by Gasteiger charge is 2.25. The van der Waals surface area contributed by atoms with Crippen LogP contribution >= 0.6 is 0 Å². The molecule has 1 heterocycles. The predicted octanol–water partition coefficient (Wildman–Crippen LogP) is 6.07.